The van der Waals surface area contributed by atoms with E-state index in [1.54, 1.807) is 0 Å². The van der Waals surface area contributed by atoms with Crippen LogP contribution in [0.2, 0.25) is 0 Å². The van der Waals surface area contributed by atoms with Gasteiger partial charge in [0, 0.05) is 32.1 Å². The number of anilines is 1. The van der Waals surface area contributed by atoms with E-state index in [0.29, 0.717) is 18.5 Å². The van der Waals surface area contributed by atoms with Crippen molar-refractivity contribution in [2.24, 2.45) is 5.92 Å². The van der Waals surface area contributed by atoms with E-state index >= 15 is 0 Å². The fraction of sp³-hybridized carbons (Fsp3) is 0.464. The Bertz CT molecular complexity index is 1530. The van der Waals surface area contributed by atoms with Crippen LogP contribution in [0.5, 0.6) is 0 Å². The number of oxazole rings is 1. The Labute approximate surface area is 243 Å². The average Bonchev–Trinajstić information content (AvgIpc) is 3.63. The first kappa shape index (κ1) is 29.6. The van der Waals surface area contributed by atoms with Gasteiger partial charge in [0.25, 0.3) is 6.01 Å². The summed E-state index contributed by atoms with van der Waals surface area (Å²) in [7, 11) is -4.09. The summed E-state index contributed by atoms with van der Waals surface area (Å²) in [5.41, 5.74) is 7.10. The van der Waals surface area contributed by atoms with Crippen molar-refractivity contribution in [3.63, 3.8) is 0 Å². The van der Waals surface area contributed by atoms with Crippen LogP contribution in [0.25, 0.3) is 11.1 Å². The van der Waals surface area contributed by atoms with Crippen LogP contribution in [0.15, 0.2) is 57.8 Å². The van der Waals surface area contributed by atoms with Crippen molar-refractivity contribution >= 4 is 39.3 Å². The number of hydrogen-bond donors (Lipinski definition) is 3. The molecule has 0 aliphatic carbocycles. The number of cyclic esters (lactones) is 1. The molecule has 13 nitrogen and oxygen atoms in total. The number of aliphatic hydroxyl groups excluding tert-OH is 1. The maximum absolute atomic E-state index is 13.8. The van der Waals surface area contributed by atoms with Crippen molar-refractivity contribution in [2.45, 2.75) is 55.9 Å². The van der Waals surface area contributed by atoms with Crippen LogP contribution in [0.4, 0.5) is 15.6 Å². The minimum atomic E-state index is -4.09. The molecule has 3 aromatic rings. The Morgan fingerprint density at radius 1 is 1.24 bits per heavy atom. The summed E-state index contributed by atoms with van der Waals surface area (Å²) in [5, 5.41) is 14.2. The predicted molar refractivity (Wildman–Crippen MR) is 152 cm³/mol. The highest BCUT2D eigenvalue weighted by Gasteiger charge is 2.45. The number of nitrogen functional groups attached to an aromatic ring is 1. The number of ether oxygens (including phenoxy) is 2. The molecule has 2 aliphatic rings. The molecule has 2 amide bonds. The zero-order valence-electron chi connectivity index (χ0n) is 23.4. The molecule has 4 atom stereocenters. The van der Waals surface area contributed by atoms with Gasteiger partial charge in [-0.1, -0.05) is 44.2 Å². The van der Waals surface area contributed by atoms with E-state index in [1.165, 1.54) is 27.4 Å². The van der Waals surface area contributed by atoms with E-state index in [9.17, 15) is 23.1 Å². The number of aromatic nitrogens is 1. The SMILES string of the molecule is CC(C)CN(CC(O)C(Cc1ccccc1)NC(=O)OC1CCN2C(=O)OCC12)S(=O)(=O)c1ccc2nc(N)oc2c1. The van der Waals surface area contributed by atoms with Gasteiger partial charge in [0.1, 0.15) is 24.3 Å². The Hall–Kier alpha value is -3.88. The number of rotatable bonds is 11. The quantitative estimate of drug-likeness (QED) is 0.296. The number of sulfonamides is 1. The van der Waals surface area contributed by atoms with Crippen molar-refractivity contribution < 1.29 is 37.0 Å². The Kier molecular flexibility index (Phi) is 8.57. The van der Waals surface area contributed by atoms with Crippen molar-refractivity contribution in [1.82, 2.24) is 19.5 Å². The number of fused-ring (bicyclic) bond motifs is 2. The molecule has 0 saturated carbocycles. The fourth-order valence-electron chi connectivity index (χ4n) is 5.35. The van der Waals surface area contributed by atoms with Crippen molar-refractivity contribution in [3.8, 4) is 0 Å². The molecule has 4 N–H and O–H groups in total. The Morgan fingerprint density at radius 3 is 2.74 bits per heavy atom. The molecule has 226 valence electrons. The molecule has 0 radical (unpaired) electrons. The summed E-state index contributed by atoms with van der Waals surface area (Å²) in [6.07, 6.45) is -2.36. The molecule has 5 rings (SSSR count). The standard InChI is InChI=1S/C28H35N5O8S/c1-17(2)14-32(42(37,38)19-8-9-20-25(13-19)40-26(29)30-20)15-23(34)21(12-18-6-4-3-5-7-18)31-27(35)41-24-10-11-33-22(24)16-39-28(33)36/h3-9,13,17,21-24,34H,10-12,14-16H2,1-2H3,(H2,29,30)(H,31,35). The molecule has 3 heterocycles. The zero-order chi connectivity index (χ0) is 30.0. The van der Waals surface area contributed by atoms with Gasteiger partial charge in [0.05, 0.1) is 17.0 Å². The Morgan fingerprint density at radius 2 is 2.00 bits per heavy atom. The second-order valence-electron chi connectivity index (χ2n) is 11.0. The molecule has 2 saturated heterocycles. The van der Waals surface area contributed by atoms with Gasteiger partial charge >= 0.3 is 12.2 Å². The highest BCUT2D eigenvalue weighted by atomic mass is 32.2. The molecule has 1 aromatic heterocycles. The first-order chi connectivity index (χ1) is 20.0. The summed E-state index contributed by atoms with van der Waals surface area (Å²) in [6, 6.07) is 12.2. The van der Waals surface area contributed by atoms with E-state index in [4.69, 9.17) is 19.6 Å². The molecule has 42 heavy (non-hydrogen) atoms. The lowest BCUT2D eigenvalue weighted by Crippen LogP contribution is -2.52. The molecule has 2 fully saturated rings. The maximum Gasteiger partial charge on any atom is 0.410 e. The first-order valence-electron chi connectivity index (χ1n) is 13.8. The van der Waals surface area contributed by atoms with Gasteiger partial charge in [0.15, 0.2) is 5.58 Å². The van der Waals surface area contributed by atoms with Crippen LogP contribution in [-0.4, -0.2) is 90.4 Å². The molecular formula is C28H35N5O8S. The van der Waals surface area contributed by atoms with Gasteiger partial charge < -0.3 is 30.0 Å². The number of hydrogen-bond acceptors (Lipinski definition) is 10. The fourth-order valence-corrected chi connectivity index (χ4v) is 6.98. The predicted octanol–water partition coefficient (Wildman–Crippen LogP) is 2.35. The monoisotopic (exact) mass is 601 g/mol. The van der Waals surface area contributed by atoms with Crippen molar-refractivity contribution in [2.75, 3.05) is 32.0 Å². The summed E-state index contributed by atoms with van der Waals surface area (Å²) < 4.78 is 44.8. The molecule has 2 aliphatic heterocycles. The van der Waals surface area contributed by atoms with Gasteiger partial charge in [-0.15, -0.1) is 0 Å². The summed E-state index contributed by atoms with van der Waals surface area (Å²) >= 11 is 0. The van der Waals surface area contributed by atoms with E-state index in [2.05, 4.69) is 10.3 Å². The highest BCUT2D eigenvalue weighted by Crippen LogP contribution is 2.27. The highest BCUT2D eigenvalue weighted by molar-refractivity contribution is 7.89. The van der Waals surface area contributed by atoms with Crippen LogP contribution in [0.3, 0.4) is 0 Å². The molecule has 4 unspecified atom stereocenters. The first-order valence-corrected chi connectivity index (χ1v) is 15.2. The molecule has 2 aromatic carbocycles. The minimum absolute atomic E-state index is 0.0369. The Balaban J connectivity index is 1.35. The molecular weight excluding hydrogens is 566 g/mol. The lowest BCUT2D eigenvalue weighted by atomic mass is 10.0. The number of alkyl carbamates (subject to hydrolysis) is 1. The third-order valence-corrected chi connectivity index (χ3v) is 9.22. The van der Waals surface area contributed by atoms with E-state index in [0.717, 1.165) is 5.56 Å². The lowest BCUT2D eigenvalue weighted by Gasteiger charge is -2.31. The number of nitrogens with one attached hydrogen (secondary N) is 1. The minimum Gasteiger partial charge on any atom is -0.447 e. The number of benzene rings is 2. The maximum atomic E-state index is 13.8. The van der Waals surface area contributed by atoms with E-state index in [-0.39, 0.29) is 54.6 Å². The zero-order valence-corrected chi connectivity index (χ0v) is 24.2. The second kappa shape index (κ2) is 12.2. The van der Waals surface area contributed by atoms with Crippen LogP contribution < -0.4 is 11.1 Å². The largest absolute Gasteiger partial charge is 0.447 e. The van der Waals surface area contributed by atoms with E-state index in [1.807, 2.05) is 44.2 Å². The van der Waals surface area contributed by atoms with Gasteiger partial charge in [-0.2, -0.15) is 9.29 Å². The van der Waals surface area contributed by atoms with Gasteiger partial charge in [-0.3, -0.25) is 4.90 Å². The third-order valence-electron chi connectivity index (χ3n) is 7.39. The summed E-state index contributed by atoms with van der Waals surface area (Å²) in [5.74, 6) is -0.0659. The van der Waals surface area contributed by atoms with Crippen molar-refractivity contribution in [3.05, 3.63) is 54.1 Å². The van der Waals surface area contributed by atoms with Crippen LogP contribution in [0.1, 0.15) is 25.8 Å². The normalized spacial score (nSPS) is 20.1. The topological polar surface area (TPSA) is 178 Å². The van der Waals surface area contributed by atoms with Gasteiger partial charge in [-0.05, 0) is 30.0 Å². The van der Waals surface area contributed by atoms with Crippen LogP contribution in [0, 0.1) is 5.92 Å². The molecule has 0 spiro atoms. The lowest BCUT2D eigenvalue weighted by molar-refractivity contribution is 0.0608. The third kappa shape index (κ3) is 6.45. The van der Waals surface area contributed by atoms with Crippen LogP contribution in [-0.2, 0) is 25.9 Å². The second-order valence-corrected chi connectivity index (χ2v) is 12.9. The summed E-state index contributed by atoms with van der Waals surface area (Å²) in [6.45, 7) is 4.12. The van der Waals surface area contributed by atoms with E-state index < -0.39 is 40.5 Å². The number of carbonyl (C=O) groups excluding carboxylic acids is 2. The average molecular weight is 602 g/mol. The molecule has 0 bridgehead atoms. The number of amides is 2. The number of aliphatic hydroxyl groups is 1. The number of nitrogens with two attached hydrogens (primary N) is 1. The smallest absolute Gasteiger partial charge is 0.410 e. The van der Waals surface area contributed by atoms with Gasteiger partial charge in [0.2, 0.25) is 10.0 Å². The number of carbonyl (C=O) groups is 2. The van der Waals surface area contributed by atoms with Crippen LogP contribution >= 0.6 is 0 Å². The van der Waals surface area contributed by atoms with Crippen molar-refractivity contribution in [1.29, 1.82) is 0 Å². The van der Waals surface area contributed by atoms with Gasteiger partial charge in [-0.25, -0.2) is 18.0 Å². The molecule has 14 heteroatoms. The summed E-state index contributed by atoms with van der Waals surface area (Å²) in [4.78, 5) is 30.4. The number of nitrogens with zero attached hydrogens (tertiary/aromatic N) is 3.